The summed E-state index contributed by atoms with van der Waals surface area (Å²) in [4.78, 5) is 12.6. The molecule has 2 saturated heterocycles. The Morgan fingerprint density at radius 1 is 1.00 bits per heavy atom. The lowest BCUT2D eigenvalue weighted by atomic mass is 9.71. The summed E-state index contributed by atoms with van der Waals surface area (Å²) in [6.07, 6.45) is 1.79. The van der Waals surface area contributed by atoms with Crippen LogP contribution in [0.4, 0.5) is 47.7 Å². The number of nitrogens with one attached hydrogen (secondary N) is 2. The number of anilines is 6. The summed E-state index contributed by atoms with van der Waals surface area (Å²) in [7, 11) is -0.0187. The second-order valence-electron chi connectivity index (χ2n) is 11.4. The molecule has 2 N–H and O–H groups in total. The molecule has 0 aliphatic carbocycles. The predicted molar refractivity (Wildman–Crippen MR) is 165 cm³/mol. The van der Waals surface area contributed by atoms with Crippen molar-refractivity contribution < 1.29 is 21.6 Å². The third-order valence-corrected chi connectivity index (χ3v) is 9.98. The Morgan fingerprint density at radius 3 is 2.30 bits per heavy atom. The Morgan fingerprint density at radius 2 is 1.65 bits per heavy atom. The van der Waals surface area contributed by atoms with Gasteiger partial charge < -0.3 is 20.4 Å². The fraction of sp³-hybridized carbons (Fsp3) is 0.448. The van der Waals surface area contributed by atoms with Crippen molar-refractivity contribution in [1.82, 2.24) is 14.9 Å². The second-order valence-corrected chi connectivity index (χ2v) is 13.8. The SMILES string of the molecule is CN1CCC2(CC1)CCN(c1ccc(Nc3ncc(Cl)c(Nc4ccccc4N(C)S(C)(=O)=O)n3)cc1C(F)(F)F)CC2. The number of likely N-dealkylation sites (tertiary alicyclic amines) is 1. The molecule has 2 aliphatic heterocycles. The molecule has 0 amide bonds. The zero-order valence-electron chi connectivity index (χ0n) is 24.2. The van der Waals surface area contributed by atoms with Gasteiger partial charge in [-0.15, -0.1) is 0 Å². The van der Waals surface area contributed by atoms with Crippen LogP contribution in [0.25, 0.3) is 0 Å². The van der Waals surface area contributed by atoms with Gasteiger partial charge in [0.25, 0.3) is 0 Å². The Bertz CT molecular complexity index is 1570. The summed E-state index contributed by atoms with van der Waals surface area (Å²) in [6, 6.07) is 10.9. The van der Waals surface area contributed by atoms with Crippen LogP contribution in [0.2, 0.25) is 5.02 Å². The lowest BCUT2D eigenvalue weighted by Crippen LogP contribution is -2.46. The highest BCUT2D eigenvalue weighted by Crippen LogP contribution is 2.45. The lowest BCUT2D eigenvalue weighted by molar-refractivity contribution is -0.137. The van der Waals surface area contributed by atoms with Gasteiger partial charge in [-0.3, -0.25) is 4.31 Å². The number of halogens is 4. The summed E-state index contributed by atoms with van der Waals surface area (Å²) in [5.74, 6) is 0.168. The zero-order valence-corrected chi connectivity index (χ0v) is 25.8. The van der Waals surface area contributed by atoms with Gasteiger partial charge in [0, 0.05) is 31.5 Å². The Balaban J connectivity index is 1.36. The van der Waals surface area contributed by atoms with E-state index in [0.29, 0.717) is 24.5 Å². The maximum absolute atomic E-state index is 14.3. The van der Waals surface area contributed by atoms with Gasteiger partial charge in [0.2, 0.25) is 16.0 Å². The van der Waals surface area contributed by atoms with E-state index in [-0.39, 0.29) is 33.6 Å². The van der Waals surface area contributed by atoms with Crippen LogP contribution in [0, 0.1) is 5.41 Å². The van der Waals surface area contributed by atoms with Crippen molar-refractivity contribution in [2.45, 2.75) is 31.9 Å². The smallest absolute Gasteiger partial charge is 0.371 e. The molecule has 9 nitrogen and oxygen atoms in total. The van der Waals surface area contributed by atoms with Gasteiger partial charge in [-0.05, 0) is 81.6 Å². The third kappa shape index (κ3) is 7.10. The van der Waals surface area contributed by atoms with Crippen LogP contribution in [-0.2, 0) is 16.2 Å². The van der Waals surface area contributed by atoms with E-state index in [1.54, 1.807) is 30.3 Å². The van der Waals surface area contributed by atoms with Gasteiger partial charge in [0.1, 0.15) is 5.02 Å². The van der Waals surface area contributed by atoms with Crippen molar-refractivity contribution >= 4 is 56.1 Å². The topological polar surface area (TPSA) is 93.7 Å². The number of piperidine rings is 2. The van der Waals surface area contributed by atoms with Crippen LogP contribution in [0.5, 0.6) is 0 Å². The van der Waals surface area contributed by atoms with Crippen molar-refractivity contribution in [3.05, 3.63) is 59.2 Å². The van der Waals surface area contributed by atoms with E-state index in [2.05, 4.69) is 32.5 Å². The first-order chi connectivity index (χ1) is 20.2. The highest BCUT2D eigenvalue weighted by molar-refractivity contribution is 7.92. The normalized spacial score (nSPS) is 17.6. The van der Waals surface area contributed by atoms with Gasteiger partial charge >= 0.3 is 6.18 Å². The number of rotatable bonds is 7. The molecular weight excluding hydrogens is 603 g/mol. The molecule has 1 aromatic heterocycles. The molecular formula is C29H35ClF3N7O2S. The van der Waals surface area contributed by atoms with Crippen molar-refractivity contribution in [2.24, 2.45) is 5.41 Å². The number of nitrogens with zero attached hydrogens (tertiary/aromatic N) is 5. The van der Waals surface area contributed by atoms with Crippen LogP contribution in [-0.4, -0.2) is 69.8 Å². The van der Waals surface area contributed by atoms with Crippen LogP contribution in [0.15, 0.2) is 48.7 Å². The molecule has 3 aromatic rings. The minimum Gasteiger partial charge on any atom is -0.371 e. The van der Waals surface area contributed by atoms with E-state index in [0.717, 1.165) is 55.4 Å². The van der Waals surface area contributed by atoms with Crippen molar-refractivity contribution in [3.63, 3.8) is 0 Å². The summed E-state index contributed by atoms with van der Waals surface area (Å²) in [5.41, 5.74) is 0.619. The van der Waals surface area contributed by atoms with Gasteiger partial charge in [-0.1, -0.05) is 23.7 Å². The summed E-state index contributed by atoms with van der Waals surface area (Å²) in [5, 5.41) is 6.02. The fourth-order valence-corrected chi connectivity index (χ4v) is 6.39. The minimum absolute atomic E-state index is 0.0175. The largest absolute Gasteiger partial charge is 0.418 e. The van der Waals surface area contributed by atoms with Crippen molar-refractivity contribution in [3.8, 4) is 0 Å². The molecule has 0 bridgehead atoms. The summed E-state index contributed by atoms with van der Waals surface area (Å²) >= 11 is 6.32. The standard InChI is InChI=1S/C29H35ClF3N7O2S/c1-38-14-10-28(11-15-38)12-16-40(17-13-28)24-9-8-20(18-21(24)29(31,32)33)35-27-34-19-22(30)26(37-27)36-23-6-4-5-7-25(23)39(2)43(3,41)42/h4-9,18-19H,10-17H2,1-3H3,(H2,34,35,36,37). The molecule has 232 valence electrons. The molecule has 0 radical (unpaired) electrons. The molecule has 3 heterocycles. The maximum atomic E-state index is 14.3. The first-order valence-corrected chi connectivity index (χ1v) is 16.2. The third-order valence-electron chi connectivity index (χ3n) is 8.51. The van der Waals surface area contributed by atoms with Crippen LogP contribution in [0.1, 0.15) is 31.2 Å². The van der Waals surface area contributed by atoms with Crippen LogP contribution >= 0.6 is 11.6 Å². The van der Waals surface area contributed by atoms with E-state index in [1.807, 2.05) is 4.90 Å². The summed E-state index contributed by atoms with van der Waals surface area (Å²) < 4.78 is 68.2. The number of sulfonamides is 1. The van der Waals surface area contributed by atoms with E-state index in [9.17, 15) is 21.6 Å². The number of aromatic nitrogens is 2. The number of alkyl halides is 3. The lowest BCUT2D eigenvalue weighted by Gasteiger charge is -2.47. The Kier molecular flexibility index (Phi) is 8.70. The number of benzene rings is 2. The quantitative estimate of drug-likeness (QED) is 0.310. The van der Waals surface area contributed by atoms with E-state index < -0.39 is 21.8 Å². The highest BCUT2D eigenvalue weighted by atomic mass is 35.5. The van der Waals surface area contributed by atoms with E-state index in [1.165, 1.54) is 19.3 Å². The van der Waals surface area contributed by atoms with E-state index >= 15 is 0 Å². The Hall–Kier alpha value is -3.29. The molecule has 1 spiro atoms. The average Bonchev–Trinajstić information content (AvgIpc) is 2.96. The van der Waals surface area contributed by atoms with Gasteiger partial charge in [0.15, 0.2) is 5.82 Å². The second kappa shape index (κ2) is 12.0. The number of para-hydroxylation sites is 2. The molecule has 0 saturated carbocycles. The first-order valence-electron chi connectivity index (χ1n) is 14.0. The van der Waals surface area contributed by atoms with Gasteiger partial charge in [-0.25, -0.2) is 13.4 Å². The molecule has 14 heteroatoms. The average molecular weight is 638 g/mol. The van der Waals surface area contributed by atoms with Crippen molar-refractivity contribution in [1.29, 1.82) is 0 Å². The molecule has 5 rings (SSSR count). The van der Waals surface area contributed by atoms with Crippen LogP contribution < -0.4 is 19.8 Å². The minimum atomic E-state index is -4.56. The van der Waals surface area contributed by atoms with E-state index in [4.69, 9.17) is 11.6 Å². The molecule has 2 aromatic carbocycles. The molecule has 2 fully saturated rings. The van der Waals surface area contributed by atoms with Crippen molar-refractivity contribution in [2.75, 3.05) is 66.4 Å². The monoisotopic (exact) mass is 637 g/mol. The zero-order chi connectivity index (χ0) is 31.0. The molecule has 0 atom stereocenters. The predicted octanol–water partition coefficient (Wildman–Crippen LogP) is 6.34. The molecule has 43 heavy (non-hydrogen) atoms. The molecule has 0 unspecified atom stereocenters. The van der Waals surface area contributed by atoms with Gasteiger partial charge in [0.05, 0.1) is 29.4 Å². The highest BCUT2D eigenvalue weighted by Gasteiger charge is 2.40. The van der Waals surface area contributed by atoms with Crippen LogP contribution in [0.3, 0.4) is 0 Å². The number of hydrogen-bond donors (Lipinski definition) is 2. The molecule has 2 aliphatic rings. The maximum Gasteiger partial charge on any atom is 0.418 e. The summed E-state index contributed by atoms with van der Waals surface area (Å²) in [6.45, 7) is 3.24. The Labute approximate surface area is 255 Å². The number of hydrogen-bond acceptors (Lipinski definition) is 8. The fourth-order valence-electron chi connectivity index (χ4n) is 5.74. The van der Waals surface area contributed by atoms with Gasteiger partial charge in [-0.2, -0.15) is 18.2 Å². The first kappa shape index (κ1) is 31.1.